The average molecular weight is 306 g/mol. The number of nitrogens with zero attached hydrogens (tertiary/aromatic N) is 1. The third-order valence-electron chi connectivity index (χ3n) is 3.26. The van der Waals surface area contributed by atoms with Crippen molar-refractivity contribution in [1.82, 2.24) is 9.88 Å². The predicted octanol–water partition coefficient (Wildman–Crippen LogP) is 1.99. The molecule has 0 aliphatic heterocycles. The molecule has 2 N–H and O–H groups in total. The Morgan fingerprint density at radius 3 is 2.71 bits per heavy atom. The first kappa shape index (κ1) is 15.4. The molecule has 0 bridgehead atoms. The van der Waals surface area contributed by atoms with Crippen molar-refractivity contribution in [2.75, 3.05) is 19.8 Å². The summed E-state index contributed by atoms with van der Waals surface area (Å²) in [5, 5.41) is 9.74. The molecule has 112 valence electrons. The first-order chi connectivity index (χ1) is 9.99. The smallest absolute Gasteiger partial charge is 0.316 e. The van der Waals surface area contributed by atoms with Gasteiger partial charge >= 0.3 is 5.97 Å². The molecule has 1 atom stereocenters. The first-order valence-electron chi connectivity index (χ1n) is 6.58. The number of rotatable bonds is 6. The van der Waals surface area contributed by atoms with E-state index in [1.165, 1.54) is 16.7 Å². The van der Waals surface area contributed by atoms with Crippen molar-refractivity contribution >= 4 is 34.5 Å². The van der Waals surface area contributed by atoms with Crippen LogP contribution >= 0.6 is 11.8 Å². The van der Waals surface area contributed by atoms with Gasteiger partial charge in [-0.2, -0.15) is 0 Å². The van der Waals surface area contributed by atoms with E-state index >= 15 is 0 Å². The van der Waals surface area contributed by atoms with Crippen molar-refractivity contribution in [1.29, 1.82) is 0 Å². The summed E-state index contributed by atoms with van der Waals surface area (Å²) in [7, 11) is 3.33. The van der Waals surface area contributed by atoms with Gasteiger partial charge in [0.2, 0.25) is 5.91 Å². The minimum absolute atomic E-state index is 0.0785. The number of nitrogens with one attached hydrogen (secondary N) is 1. The van der Waals surface area contributed by atoms with Crippen molar-refractivity contribution in [3.8, 4) is 0 Å². The van der Waals surface area contributed by atoms with Crippen LogP contribution in [0.5, 0.6) is 0 Å². The van der Waals surface area contributed by atoms with E-state index in [0.29, 0.717) is 6.42 Å². The molecule has 5 nitrogen and oxygen atoms in total. The van der Waals surface area contributed by atoms with E-state index in [1.54, 1.807) is 14.1 Å². The van der Waals surface area contributed by atoms with Crippen LogP contribution in [0.3, 0.4) is 0 Å². The number of aliphatic carboxylic acids is 1. The summed E-state index contributed by atoms with van der Waals surface area (Å²) < 4.78 is 0. The fourth-order valence-corrected chi connectivity index (χ4v) is 3.06. The maximum absolute atomic E-state index is 11.6. The number of hydrogen-bond acceptors (Lipinski definition) is 3. The standard InChI is InChI=1S/C15H18N2O3S/c1-17(2)14(18)9-21-13(15(19)20)7-10-8-16-12-6-4-3-5-11(10)12/h3-6,8,13,16H,7,9H2,1-2H3,(H,19,20)/t13-/m0/s1. The van der Waals surface area contributed by atoms with Crippen LogP contribution in [0.2, 0.25) is 0 Å². The summed E-state index contributed by atoms with van der Waals surface area (Å²) in [5.41, 5.74) is 1.95. The van der Waals surface area contributed by atoms with Crippen molar-refractivity contribution < 1.29 is 14.7 Å². The fraction of sp³-hybridized carbons (Fsp3) is 0.333. The van der Waals surface area contributed by atoms with Crippen molar-refractivity contribution in [3.05, 3.63) is 36.0 Å². The van der Waals surface area contributed by atoms with E-state index in [1.807, 2.05) is 30.5 Å². The van der Waals surface area contributed by atoms with E-state index in [9.17, 15) is 14.7 Å². The Balaban J connectivity index is 2.09. The topological polar surface area (TPSA) is 73.4 Å². The fourth-order valence-electron chi connectivity index (χ4n) is 2.02. The molecule has 0 spiro atoms. The lowest BCUT2D eigenvalue weighted by atomic mass is 10.1. The van der Waals surface area contributed by atoms with Gasteiger partial charge in [-0.15, -0.1) is 11.8 Å². The van der Waals surface area contributed by atoms with Gasteiger partial charge in [-0.25, -0.2) is 0 Å². The molecule has 2 rings (SSSR count). The second kappa shape index (κ2) is 6.67. The highest BCUT2D eigenvalue weighted by Gasteiger charge is 2.21. The van der Waals surface area contributed by atoms with Crippen molar-refractivity contribution in [2.24, 2.45) is 0 Å². The molecule has 2 aromatic rings. The molecule has 0 unspecified atom stereocenters. The number of carbonyl (C=O) groups is 2. The van der Waals surface area contributed by atoms with Gasteiger partial charge in [-0.1, -0.05) is 18.2 Å². The number of thioether (sulfide) groups is 1. The van der Waals surface area contributed by atoms with Crippen LogP contribution in [0, 0.1) is 0 Å². The van der Waals surface area contributed by atoms with Crippen LogP contribution in [0.15, 0.2) is 30.5 Å². The molecule has 21 heavy (non-hydrogen) atoms. The van der Waals surface area contributed by atoms with E-state index in [4.69, 9.17) is 0 Å². The minimum Gasteiger partial charge on any atom is -0.480 e. The van der Waals surface area contributed by atoms with Crippen LogP contribution in [-0.2, 0) is 16.0 Å². The highest BCUT2D eigenvalue weighted by atomic mass is 32.2. The Morgan fingerprint density at radius 2 is 2.05 bits per heavy atom. The number of para-hydroxylation sites is 1. The van der Waals surface area contributed by atoms with E-state index in [2.05, 4.69) is 4.98 Å². The summed E-state index contributed by atoms with van der Waals surface area (Å²) in [6.45, 7) is 0. The van der Waals surface area contributed by atoms with Gasteiger partial charge in [0.05, 0.1) is 5.75 Å². The molecule has 1 heterocycles. The van der Waals surface area contributed by atoms with E-state index in [-0.39, 0.29) is 11.7 Å². The molecule has 0 aliphatic rings. The lowest BCUT2D eigenvalue weighted by Crippen LogP contribution is -2.27. The van der Waals surface area contributed by atoms with Crippen LogP contribution in [-0.4, -0.2) is 52.0 Å². The zero-order valence-electron chi connectivity index (χ0n) is 12.0. The molecule has 1 aromatic carbocycles. The van der Waals surface area contributed by atoms with Crippen LogP contribution < -0.4 is 0 Å². The largest absolute Gasteiger partial charge is 0.480 e. The first-order valence-corrected chi connectivity index (χ1v) is 7.63. The lowest BCUT2D eigenvalue weighted by molar-refractivity contribution is -0.136. The predicted molar refractivity (Wildman–Crippen MR) is 84.6 cm³/mol. The molecule has 1 aromatic heterocycles. The number of hydrogen-bond donors (Lipinski definition) is 2. The highest BCUT2D eigenvalue weighted by Crippen LogP contribution is 2.23. The Kier molecular flexibility index (Phi) is 4.90. The minimum atomic E-state index is -0.892. The number of H-pyrrole nitrogens is 1. The summed E-state index contributed by atoms with van der Waals surface area (Å²) in [5.74, 6) is -0.797. The van der Waals surface area contributed by atoms with Crippen LogP contribution in [0.25, 0.3) is 10.9 Å². The number of carboxylic acid groups (broad SMARTS) is 1. The Bertz CT molecular complexity index is 651. The Labute approximate surface area is 127 Å². The van der Waals surface area contributed by atoms with Gasteiger partial charge in [-0.05, 0) is 18.1 Å². The number of aromatic amines is 1. The zero-order valence-corrected chi connectivity index (χ0v) is 12.8. The molecule has 0 aliphatic carbocycles. The third kappa shape index (κ3) is 3.78. The Hall–Kier alpha value is -1.95. The molecule has 0 radical (unpaired) electrons. The van der Waals surface area contributed by atoms with E-state index in [0.717, 1.165) is 16.5 Å². The van der Waals surface area contributed by atoms with Gasteiger partial charge in [0.15, 0.2) is 0 Å². The molecule has 0 saturated carbocycles. The maximum Gasteiger partial charge on any atom is 0.316 e. The molecule has 0 saturated heterocycles. The molecule has 1 amide bonds. The second-order valence-corrected chi connectivity index (χ2v) is 6.18. The zero-order chi connectivity index (χ0) is 15.4. The number of aromatic nitrogens is 1. The molecule has 6 heteroatoms. The summed E-state index contributed by atoms with van der Waals surface area (Å²) in [6, 6.07) is 7.78. The highest BCUT2D eigenvalue weighted by molar-refractivity contribution is 8.01. The van der Waals surface area contributed by atoms with Gasteiger partial charge in [0.25, 0.3) is 0 Å². The maximum atomic E-state index is 11.6. The van der Waals surface area contributed by atoms with Crippen molar-refractivity contribution in [3.63, 3.8) is 0 Å². The monoisotopic (exact) mass is 306 g/mol. The third-order valence-corrected chi connectivity index (χ3v) is 4.45. The quantitative estimate of drug-likeness (QED) is 0.856. The SMILES string of the molecule is CN(C)C(=O)CS[C@@H](Cc1c[nH]c2ccccc12)C(=O)O. The van der Waals surface area contributed by atoms with Gasteiger partial charge < -0.3 is 15.0 Å². The van der Waals surface area contributed by atoms with Gasteiger partial charge in [-0.3, -0.25) is 9.59 Å². The average Bonchev–Trinajstić information content (AvgIpc) is 2.85. The summed E-state index contributed by atoms with van der Waals surface area (Å²) >= 11 is 1.17. The second-order valence-electron chi connectivity index (χ2n) is 4.99. The molecule has 0 fully saturated rings. The normalized spacial score (nSPS) is 12.3. The van der Waals surface area contributed by atoms with Gasteiger partial charge in [0.1, 0.15) is 5.25 Å². The summed E-state index contributed by atoms with van der Waals surface area (Å²) in [6.07, 6.45) is 2.24. The van der Waals surface area contributed by atoms with Crippen molar-refractivity contribution in [2.45, 2.75) is 11.7 Å². The number of amides is 1. The molecular formula is C15H18N2O3S. The van der Waals surface area contributed by atoms with Crippen LogP contribution in [0.4, 0.5) is 0 Å². The summed E-state index contributed by atoms with van der Waals surface area (Å²) in [4.78, 5) is 27.6. The van der Waals surface area contributed by atoms with Gasteiger partial charge in [0, 0.05) is 31.2 Å². The number of fused-ring (bicyclic) bond motifs is 1. The number of carboxylic acids is 1. The number of carbonyl (C=O) groups excluding carboxylic acids is 1. The lowest BCUT2D eigenvalue weighted by Gasteiger charge is -2.14. The van der Waals surface area contributed by atoms with Crippen LogP contribution in [0.1, 0.15) is 5.56 Å². The van der Waals surface area contributed by atoms with E-state index < -0.39 is 11.2 Å². The Morgan fingerprint density at radius 1 is 1.33 bits per heavy atom. The number of benzene rings is 1. The molecular weight excluding hydrogens is 288 g/mol.